The van der Waals surface area contributed by atoms with Gasteiger partial charge in [0.25, 0.3) is 0 Å². The van der Waals surface area contributed by atoms with Crippen LogP contribution in [0.3, 0.4) is 0 Å². The normalized spacial score (nSPS) is 24.3. The molecule has 0 aromatic heterocycles. The number of halogens is 9. The quantitative estimate of drug-likeness (QED) is 0.121. The molecule has 0 radical (unpaired) electrons. The third kappa shape index (κ3) is 8.16. The molecular formula is C41H45F9O4. The summed E-state index contributed by atoms with van der Waals surface area (Å²) in [4.78, 5) is 0. The summed E-state index contributed by atoms with van der Waals surface area (Å²) in [6.45, 7) is 2.16. The minimum absolute atomic E-state index is 0.0498. The molecule has 5 atom stereocenters. The van der Waals surface area contributed by atoms with E-state index in [9.17, 15) is 39.5 Å². The van der Waals surface area contributed by atoms with Crippen molar-refractivity contribution < 1.29 is 58.5 Å². The Kier molecular flexibility index (Phi) is 11.8. The van der Waals surface area contributed by atoms with Crippen molar-refractivity contribution in [2.24, 2.45) is 23.2 Å². The first kappa shape index (κ1) is 40.1. The van der Waals surface area contributed by atoms with E-state index in [1.165, 1.54) is 11.1 Å². The fraction of sp³-hybridized carbons (Fsp3) is 0.561. The van der Waals surface area contributed by atoms with Gasteiger partial charge in [-0.2, -0.15) is 39.5 Å². The zero-order valence-corrected chi connectivity index (χ0v) is 30.0. The summed E-state index contributed by atoms with van der Waals surface area (Å²) >= 11 is 0. The molecule has 0 heterocycles. The third-order valence-corrected chi connectivity index (χ3v) is 12.1. The summed E-state index contributed by atoms with van der Waals surface area (Å²) in [5, 5.41) is 0. The maximum absolute atomic E-state index is 13.2. The second kappa shape index (κ2) is 15.9. The maximum Gasteiger partial charge on any atom is 0.435 e. The van der Waals surface area contributed by atoms with E-state index in [-0.39, 0.29) is 24.2 Å². The highest BCUT2D eigenvalue weighted by Crippen LogP contribution is 2.64. The number of fused-ring (bicyclic) bond motifs is 5. The topological polar surface area (TPSA) is 36.9 Å². The lowest BCUT2D eigenvalue weighted by atomic mass is 9.54. The lowest BCUT2D eigenvalue weighted by Crippen LogP contribution is -2.67. The van der Waals surface area contributed by atoms with Crippen molar-refractivity contribution in [3.05, 3.63) is 89.5 Å². The van der Waals surface area contributed by atoms with Crippen LogP contribution in [0.2, 0.25) is 0 Å². The van der Waals surface area contributed by atoms with Gasteiger partial charge in [-0.3, -0.25) is 0 Å². The van der Waals surface area contributed by atoms with Crippen LogP contribution in [0.5, 0.6) is 17.2 Å². The van der Waals surface area contributed by atoms with Crippen LogP contribution in [0.25, 0.3) is 0 Å². The van der Waals surface area contributed by atoms with E-state index in [2.05, 4.69) is 23.8 Å². The highest BCUT2D eigenvalue weighted by Gasteiger charge is 2.85. The Hall–Kier alpha value is -3.61. The second-order valence-electron chi connectivity index (χ2n) is 15.1. The van der Waals surface area contributed by atoms with Crippen LogP contribution in [-0.4, -0.2) is 44.0 Å². The van der Waals surface area contributed by atoms with E-state index in [1.807, 2.05) is 60.7 Å². The molecule has 0 saturated heterocycles. The van der Waals surface area contributed by atoms with Crippen LogP contribution >= 0.6 is 0 Å². The fourth-order valence-electron chi connectivity index (χ4n) is 9.37. The maximum atomic E-state index is 13.2. The SMILES string of the molecule is C[C@]12CC[C@@H]3c4ccc(OCCOc5ccc(OCc6ccccc6)cc5)cc4CC[C@H]3[C@@H]1CC[C@@H]2CCCCOC(C(F)(F)F)(C(F)(F)F)C(F)(F)F. The van der Waals surface area contributed by atoms with Crippen molar-refractivity contribution in [1.82, 2.24) is 0 Å². The van der Waals surface area contributed by atoms with Gasteiger partial charge in [0, 0.05) is 6.61 Å². The Morgan fingerprint density at radius 3 is 1.91 bits per heavy atom. The van der Waals surface area contributed by atoms with Gasteiger partial charge in [-0.25, -0.2) is 0 Å². The number of hydrogen-bond acceptors (Lipinski definition) is 4. The van der Waals surface area contributed by atoms with E-state index >= 15 is 0 Å². The second-order valence-corrected chi connectivity index (χ2v) is 15.1. The lowest BCUT2D eigenvalue weighted by Gasteiger charge is -2.51. The number of aryl methyl sites for hydroxylation is 1. The molecule has 0 spiro atoms. The van der Waals surface area contributed by atoms with E-state index < -0.39 is 30.7 Å². The molecule has 3 aromatic carbocycles. The minimum Gasteiger partial charge on any atom is -0.490 e. The molecule has 0 bridgehead atoms. The summed E-state index contributed by atoms with van der Waals surface area (Å²) in [5.41, 5.74) is -2.57. The number of ether oxygens (including phenoxy) is 4. The van der Waals surface area contributed by atoms with Crippen molar-refractivity contribution in [1.29, 1.82) is 0 Å². The average Bonchev–Trinajstić information content (AvgIpc) is 3.45. The predicted molar refractivity (Wildman–Crippen MR) is 183 cm³/mol. The smallest absolute Gasteiger partial charge is 0.435 e. The number of rotatable bonds is 14. The summed E-state index contributed by atoms with van der Waals surface area (Å²) in [5.74, 6) is 3.69. The molecule has 2 saturated carbocycles. The molecule has 3 aromatic rings. The summed E-state index contributed by atoms with van der Waals surface area (Å²) < 4.78 is 140. The largest absolute Gasteiger partial charge is 0.490 e. The van der Waals surface area contributed by atoms with Gasteiger partial charge < -0.3 is 18.9 Å². The highest BCUT2D eigenvalue weighted by molar-refractivity contribution is 5.41. The van der Waals surface area contributed by atoms with Crippen molar-refractivity contribution in [3.63, 3.8) is 0 Å². The summed E-state index contributed by atoms with van der Waals surface area (Å²) in [7, 11) is 0. The predicted octanol–water partition coefficient (Wildman–Crippen LogP) is 11.8. The molecule has 0 N–H and O–H groups in total. The number of benzene rings is 3. The summed E-state index contributed by atoms with van der Waals surface area (Å²) in [6.07, 6.45) is -14.1. The number of unbranched alkanes of at least 4 members (excludes halogenated alkanes) is 1. The Morgan fingerprint density at radius 1 is 0.648 bits per heavy atom. The zero-order chi connectivity index (χ0) is 38.8. The van der Waals surface area contributed by atoms with Gasteiger partial charge >= 0.3 is 24.1 Å². The van der Waals surface area contributed by atoms with Crippen LogP contribution in [0.15, 0.2) is 72.8 Å². The van der Waals surface area contributed by atoms with Gasteiger partial charge in [-0.15, -0.1) is 0 Å². The molecule has 54 heavy (non-hydrogen) atoms. The Morgan fingerprint density at radius 2 is 1.26 bits per heavy atom. The van der Waals surface area contributed by atoms with E-state index in [1.54, 1.807) is 0 Å². The van der Waals surface area contributed by atoms with Crippen molar-refractivity contribution >= 4 is 0 Å². The van der Waals surface area contributed by atoms with Crippen molar-refractivity contribution in [2.45, 2.75) is 101 Å². The molecule has 4 nitrogen and oxygen atoms in total. The van der Waals surface area contributed by atoms with Crippen LogP contribution in [-0.2, 0) is 17.8 Å². The third-order valence-electron chi connectivity index (χ3n) is 12.1. The molecule has 3 aliphatic rings. The van der Waals surface area contributed by atoms with E-state index in [4.69, 9.17) is 14.2 Å². The lowest BCUT2D eigenvalue weighted by molar-refractivity contribution is -0.457. The molecule has 0 aliphatic heterocycles. The first-order chi connectivity index (χ1) is 25.5. The van der Waals surface area contributed by atoms with Gasteiger partial charge in [0.2, 0.25) is 0 Å². The summed E-state index contributed by atoms with van der Waals surface area (Å²) in [6, 6.07) is 23.7. The Labute approximate surface area is 309 Å². The monoisotopic (exact) mass is 772 g/mol. The minimum atomic E-state index is -6.70. The van der Waals surface area contributed by atoms with Crippen LogP contribution in [0.4, 0.5) is 39.5 Å². The first-order valence-electron chi connectivity index (χ1n) is 18.5. The fourth-order valence-corrected chi connectivity index (χ4v) is 9.37. The van der Waals surface area contributed by atoms with Gasteiger partial charge in [0.05, 0.1) is 0 Å². The molecular weight excluding hydrogens is 727 g/mol. The van der Waals surface area contributed by atoms with Gasteiger partial charge in [0.15, 0.2) is 0 Å². The molecule has 296 valence electrons. The standard InChI is InChI=1S/C41H45F9O4/c1-37-21-20-34-33-18-16-32(52-24-23-51-30-12-14-31(15-13-30)53-26-27-7-3-2-4-8-27)25-28(33)10-17-35(34)36(37)19-11-29(37)9-5-6-22-54-38(39(42,43)44,40(45,46)47)41(48,49)50/h2-4,7-8,12-16,18,25,29,34-36H,5-6,9-11,17,19-24,26H2,1H3/t29-,34+,35+,36-,37+/m0/s1. The van der Waals surface area contributed by atoms with E-state index in [0.717, 1.165) is 55.6 Å². The van der Waals surface area contributed by atoms with Crippen molar-refractivity contribution in [3.8, 4) is 17.2 Å². The van der Waals surface area contributed by atoms with Gasteiger partial charge in [-0.1, -0.05) is 49.7 Å². The van der Waals surface area contributed by atoms with E-state index in [0.29, 0.717) is 49.7 Å². The van der Waals surface area contributed by atoms with Crippen molar-refractivity contribution in [2.75, 3.05) is 19.8 Å². The number of hydrogen-bond donors (Lipinski definition) is 0. The molecule has 2 fully saturated rings. The van der Waals surface area contributed by atoms with Crippen LogP contribution in [0.1, 0.15) is 80.9 Å². The number of alkyl halides is 9. The molecule has 13 heteroatoms. The molecule has 6 rings (SSSR count). The van der Waals surface area contributed by atoms with Crippen LogP contribution in [0, 0.1) is 23.2 Å². The molecule has 0 amide bonds. The first-order valence-corrected chi connectivity index (χ1v) is 18.5. The Bertz CT molecular complexity index is 1640. The van der Waals surface area contributed by atoms with Crippen LogP contribution < -0.4 is 14.2 Å². The Balaban J connectivity index is 0.958. The highest BCUT2D eigenvalue weighted by atomic mass is 19.4. The molecule has 3 aliphatic carbocycles. The van der Waals surface area contributed by atoms with Gasteiger partial charge in [-0.05, 0) is 134 Å². The zero-order valence-electron chi connectivity index (χ0n) is 30.0. The average molecular weight is 773 g/mol. The van der Waals surface area contributed by atoms with Gasteiger partial charge in [0.1, 0.15) is 37.1 Å². The molecule has 0 unspecified atom stereocenters.